The third-order valence-electron chi connectivity index (χ3n) is 2.25. The van der Waals surface area contributed by atoms with Gasteiger partial charge in [0.1, 0.15) is 6.54 Å². The monoisotopic (exact) mass is 337 g/mol. The maximum Gasteiger partial charge on any atom is 0.405 e. The number of rotatable bonds is 4. The summed E-state index contributed by atoms with van der Waals surface area (Å²) < 4.78 is 37.3. The molecule has 0 radical (unpaired) electrons. The fraction of sp³-hybridized carbons (Fsp3) is 0.250. The molecular weight excluding hydrogens is 327 g/mol. The topological polar surface area (TPSA) is 40.5 Å². The van der Waals surface area contributed by atoms with Crippen LogP contribution in [0.4, 0.5) is 18.9 Å². The summed E-state index contributed by atoms with van der Waals surface area (Å²) in [6.45, 7) is -1.05. The molecule has 0 spiro atoms. The van der Waals surface area contributed by atoms with Crippen LogP contribution >= 0.6 is 15.9 Å². The van der Waals surface area contributed by atoms with E-state index in [0.717, 1.165) is 11.0 Å². The normalized spacial score (nSPS) is 11.8. The van der Waals surface area contributed by atoms with Crippen LogP contribution in [-0.4, -0.2) is 30.8 Å². The Kier molecular flexibility index (Phi) is 4.99. The number of nitrogens with zero attached hydrogens (tertiary/aromatic N) is 1. The smallest absolute Gasteiger partial charge is 0.405 e. The van der Waals surface area contributed by atoms with E-state index >= 15 is 0 Å². The zero-order valence-electron chi connectivity index (χ0n) is 9.91. The van der Waals surface area contributed by atoms with Crippen molar-refractivity contribution in [2.45, 2.75) is 6.18 Å². The first kappa shape index (κ1) is 15.6. The van der Waals surface area contributed by atoms with E-state index in [1.807, 2.05) is 0 Å². The van der Waals surface area contributed by atoms with Crippen molar-refractivity contribution in [3.8, 4) is 0 Å². The predicted octanol–water partition coefficient (Wildman–Crippen LogP) is 3.55. The molecule has 0 aromatic heterocycles. The summed E-state index contributed by atoms with van der Waals surface area (Å²) in [5.41, 5.74) is 0.961. The van der Waals surface area contributed by atoms with Crippen LogP contribution in [0.15, 0.2) is 28.7 Å². The van der Waals surface area contributed by atoms with Gasteiger partial charge in [-0.3, -0.25) is 0 Å². The van der Waals surface area contributed by atoms with Gasteiger partial charge in [0.2, 0.25) is 0 Å². The highest BCUT2D eigenvalue weighted by atomic mass is 79.9. The number of hydrogen-bond acceptors (Lipinski definition) is 2. The van der Waals surface area contributed by atoms with Gasteiger partial charge in [-0.2, -0.15) is 13.2 Å². The highest BCUT2D eigenvalue weighted by Crippen LogP contribution is 2.26. The Morgan fingerprint density at radius 2 is 2.11 bits per heavy atom. The molecule has 0 heterocycles. The van der Waals surface area contributed by atoms with E-state index < -0.39 is 18.7 Å². The van der Waals surface area contributed by atoms with Gasteiger partial charge in [0.15, 0.2) is 0 Å². The molecule has 0 unspecified atom stereocenters. The number of halogens is 4. The van der Waals surface area contributed by atoms with Gasteiger partial charge in [0.05, 0.1) is 0 Å². The van der Waals surface area contributed by atoms with Crippen molar-refractivity contribution in [2.75, 3.05) is 18.5 Å². The van der Waals surface area contributed by atoms with Crippen LogP contribution in [0.1, 0.15) is 5.56 Å². The lowest BCUT2D eigenvalue weighted by molar-refractivity contribution is -0.131. The van der Waals surface area contributed by atoms with E-state index in [1.54, 1.807) is 6.07 Å². The quantitative estimate of drug-likeness (QED) is 0.854. The van der Waals surface area contributed by atoms with Crippen molar-refractivity contribution in [1.29, 1.82) is 0 Å². The van der Waals surface area contributed by atoms with E-state index in [9.17, 15) is 18.0 Å². The van der Waals surface area contributed by atoms with Gasteiger partial charge in [-0.1, -0.05) is 22.0 Å². The predicted molar refractivity (Wildman–Crippen MR) is 70.1 cm³/mol. The van der Waals surface area contributed by atoms with E-state index in [-0.39, 0.29) is 0 Å². The van der Waals surface area contributed by atoms with Crippen LogP contribution < -0.4 is 4.90 Å². The van der Waals surface area contributed by atoms with Crippen molar-refractivity contribution in [3.63, 3.8) is 0 Å². The number of carbonyl (C=O) groups is 1. The Morgan fingerprint density at radius 3 is 2.58 bits per heavy atom. The SMILES string of the molecule is CN(CC(F)(F)F)c1ccc(/C=C/C(=O)O)c(Br)c1. The molecule has 3 nitrogen and oxygen atoms in total. The maximum atomic E-state index is 12.3. The Hall–Kier alpha value is -1.50. The number of anilines is 1. The summed E-state index contributed by atoms with van der Waals surface area (Å²) in [6, 6.07) is 4.55. The maximum absolute atomic E-state index is 12.3. The molecule has 0 bridgehead atoms. The Labute approximate surface area is 116 Å². The molecule has 0 aliphatic carbocycles. The van der Waals surface area contributed by atoms with Gasteiger partial charge in [0, 0.05) is 23.3 Å². The molecule has 1 rings (SSSR count). The number of carboxylic acid groups (broad SMARTS) is 1. The second-order valence-electron chi connectivity index (χ2n) is 3.85. The molecule has 0 amide bonds. The van der Waals surface area contributed by atoms with Crippen LogP contribution in [0.3, 0.4) is 0 Å². The average Bonchev–Trinajstić information content (AvgIpc) is 2.24. The van der Waals surface area contributed by atoms with E-state index in [4.69, 9.17) is 5.11 Å². The molecule has 0 fully saturated rings. The van der Waals surface area contributed by atoms with Crippen molar-refractivity contribution < 1.29 is 23.1 Å². The van der Waals surface area contributed by atoms with Crippen molar-refractivity contribution >= 4 is 33.7 Å². The molecular formula is C12H11BrF3NO2. The zero-order valence-corrected chi connectivity index (χ0v) is 11.5. The van der Waals surface area contributed by atoms with Gasteiger partial charge in [0.25, 0.3) is 0 Å². The number of hydrogen-bond donors (Lipinski definition) is 1. The molecule has 1 aromatic rings. The van der Waals surface area contributed by atoms with Crippen molar-refractivity contribution in [2.24, 2.45) is 0 Å². The summed E-state index contributed by atoms with van der Waals surface area (Å²) in [6.07, 6.45) is -1.96. The first-order chi connectivity index (χ1) is 8.69. The summed E-state index contributed by atoms with van der Waals surface area (Å²) >= 11 is 3.19. The Bertz CT molecular complexity index is 500. The lowest BCUT2D eigenvalue weighted by Gasteiger charge is -2.21. The highest BCUT2D eigenvalue weighted by Gasteiger charge is 2.29. The molecule has 0 aliphatic heterocycles. The second kappa shape index (κ2) is 6.10. The molecule has 1 aromatic carbocycles. The highest BCUT2D eigenvalue weighted by molar-refractivity contribution is 9.10. The molecule has 0 saturated carbocycles. The molecule has 0 aliphatic rings. The van der Waals surface area contributed by atoms with Crippen LogP contribution in [0.25, 0.3) is 6.08 Å². The van der Waals surface area contributed by atoms with Gasteiger partial charge in [-0.05, 0) is 23.8 Å². The van der Waals surface area contributed by atoms with Gasteiger partial charge in [-0.25, -0.2) is 4.79 Å². The minimum atomic E-state index is -4.27. The number of carboxylic acids is 1. The Balaban J connectivity index is 2.90. The first-order valence-electron chi connectivity index (χ1n) is 5.17. The molecule has 0 atom stereocenters. The summed E-state index contributed by atoms with van der Waals surface area (Å²) in [7, 11) is 1.34. The number of alkyl halides is 3. The van der Waals surface area contributed by atoms with E-state index in [2.05, 4.69) is 15.9 Å². The summed E-state index contributed by atoms with van der Waals surface area (Å²) in [4.78, 5) is 11.4. The van der Waals surface area contributed by atoms with Crippen molar-refractivity contribution in [3.05, 3.63) is 34.3 Å². The third kappa shape index (κ3) is 5.34. The Morgan fingerprint density at radius 1 is 1.47 bits per heavy atom. The van der Waals surface area contributed by atoms with Crippen LogP contribution in [0, 0.1) is 0 Å². The first-order valence-corrected chi connectivity index (χ1v) is 5.97. The van der Waals surface area contributed by atoms with E-state index in [1.165, 1.54) is 25.3 Å². The zero-order chi connectivity index (χ0) is 14.6. The van der Waals surface area contributed by atoms with Crippen molar-refractivity contribution in [1.82, 2.24) is 0 Å². The average molecular weight is 338 g/mol. The lowest BCUT2D eigenvalue weighted by atomic mass is 10.2. The largest absolute Gasteiger partial charge is 0.478 e. The molecule has 104 valence electrons. The van der Waals surface area contributed by atoms with Crippen LogP contribution in [0.5, 0.6) is 0 Å². The number of benzene rings is 1. The fourth-order valence-corrected chi connectivity index (χ4v) is 1.91. The minimum absolute atomic E-state index is 0.386. The standard InChI is InChI=1S/C12H11BrF3NO2/c1-17(7-12(14,15)16)9-4-2-8(10(13)6-9)3-5-11(18)19/h2-6H,7H2,1H3,(H,18,19)/b5-3+. The molecule has 1 N–H and O–H groups in total. The van der Waals surface area contributed by atoms with E-state index in [0.29, 0.717) is 15.7 Å². The number of aliphatic carboxylic acids is 1. The van der Waals surface area contributed by atoms with Crippen LogP contribution in [-0.2, 0) is 4.79 Å². The summed E-state index contributed by atoms with van der Waals surface area (Å²) in [5.74, 6) is -1.09. The summed E-state index contributed by atoms with van der Waals surface area (Å²) in [5, 5.41) is 8.50. The molecule has 0 saturated heterocycles. The molecule has 7 heteroatoms. The third-order valence-corrected chi connectivity index (χ3v) is 2.93. The van der Waals surface area contributed by atoms with Gasteiger partial charge in [-0.15, -0.1) is 0 Å². The van der Waals surface area contributed by atoms with Gasteiger partial charge >= 0.3 is 12.1 Å². The second-order valence-corrected chi connectivity index (χ2v) is 4.70. The van der Waals surface area contributed by atoms with Crippen LogP contribution in [0.2, 0.25) is 0 Å². The molecule has 19 heavy (non-hydrogen) atoms. The lowest BCUT2D eigenvalue weighted by Crippen LogP contribution is -2.30. The minimum Gasteiger partial charge on any atom is -0.478 e. The fourth-order valence-electron chi connectivity index (χ4n) is 1.41. The van der Waals surface area contributed by atoms with Gasteiger partial charge < -0.3 is 10.0 Å².